The summed E-state index contributed by atoms with van der Waals surface area (Å²) in [7, 11) is 0. The van der Waals surface area contributed by atoms with Gasteiger partial charge in [0, 0.05) is 25.2 Å². The van der Waals surface area contributed by atoms with E-state index in [-0.39, 0.29) is 0 Å². The highest BCUT2D eigenvalue weighted by atomic mass is 15.2. The second-order valence-electron chi connectivity index (χ2n) is 6.35. The maximum Gasteiger partial charge on any atom is 0.0249 e. The van der Waals surface area contributed by atoms with Gasteiger partial charge in [0.25, 0.3) is 0 Å². The Morgan fingerprint density at radius 1 is 1.06 bits per heavy atom. The first-order chi connectivity index (χ1) is 8.85. The van der Waals surface area contributed by atoms with Crippen LogP contribution in [0.4, 0.5) is 0 Å². The standard InChI is InChI=1S/C16H32N2/c1-3-8-15-13-18(11-4-2)16(12-17-15)14-9-6-5-7-10-14/h14-17H,3-13H2,1-2H3. The predicted molar refractivity (Wildman–Crippen MR) is 78.9 cm³/mol. The lowest BCUT2D eigenvalue weighted by molar-refractivity contribution is 0.0699. The Bertz CT molecular complexity index is 223. The van der Waals surface area contributed by atoms with Gasteiger partial charge >= 0.3 is 0 Å². The van der Waals surface area contributed by atoms with Gasteiger partial charge in [-0.15, -0.1) is 0 Å². The Balaban J connectivity index is 1.91. The van der Waals surface area contributed by atoms with Crippen molar-refractivity contribution in [3.63, 3.8) is 0 Å². The molecule has 2 rings (SSSR count). The summed E-state index contributed by atoms with van der Waals surface area (Å²) in [6.07, 6.45) is 11.3. The summed E-state index contributed by atoms with van der Waals surface area (Å²) < 4.78 is 0. The zero-order valence-corrected chi connectivity index (χ0v) is 12.5. The minimum Gasteiger partial charge on any atom is -0.311 e. The summed E-state index contributed by atoms with van der Waals surface area (Å²) in [5.74, 6) is 0.973. The molecule has 1 saturated heterocycles. The van der Waals surface area contributed by atoms with Crippen molar-refractivity contribution in [2.75, 3.05) is 19.6 Å². The van der Waals surface area contributed by atoms with Crippen LogP contribution in [0.5, 0.6) is 0 Å². The van der Waals surface area contributed by atoms with E-state index in [1.165, 1.54) is 71.0 Å². The molecule has 1 heterocycles. The van der Waals surface area contributed by atoms with Crippen molar-refractivity contribution in [2.45, 2.75) is 77.3 Å². The first-order valence-electron chi connectivity index (χ1n) is 8.32. The molecule has 1 N–H and O–H groups in total. The topological polar surface area (TPSA) is 15.3 Å². The van der Waals surface area contributed by atoms with Crippen LogP contribution in [0, 0.1) is 5.92 Å². The van der Waals surface area contributed by atoms with Gasteiger partial charge in [0.05, 0.1) is 0 Å². The van der Waals surface area contributed by atoms with Crippen molar-refractivity contribution >= 4 is 0 Å². The fourth-order valence-electron chi connectivity index (χ4n) is 3.97. The van der Waals surface area contributed by atoms with E-state index in [9.17, 15) is 0 Å². The quantitative estimate of drug-likeness (QED) is 0.806. The molecule has 0 spiro atoms. The molecular weight excluding hydrogens is 220 g/mol. The Labute approximate surface area is 114 Å². The van der Waals surface area contributed by atoms with E-state index in [2.05, 4.69) is 24.1 Å². The smallest absolute Gasteiger partial charge is 0.0249 e. The molecule has 1 aliphatic carbocycles. The van der Waals surface area contributed by atoms with Crippen LogP contribution >= 0.6 is 0 Å². The van der Waals surface area contributed by atoms with E-state index in [0.29, 0.717) is 0 Å². The Morgan fingerprint density at radius 3 is 2.50 bits per heavy atom. The predicted octanol–water partition coefficient (Wildman–Crippen LogP) is 3.42. The first-order valence-corrected chi connectivity index (χ1v) is 8.32. The van der Waals surface area contributed by atoms with Crippen LogP contribution in [0.25, 0.3) is 0 Å². The largest absolute Gasteiger partial charge is 0.311 e. The number of nitrogens with one attached hydrogen (secondary N) is 1. The SMILES string of the molecule is CCCC1CN(CCC)C(C2CCCCC2)CN1. The molecule has 0 aromatic carbocycles. The van der Waals surface area contributed by atoms with Gasteiger partial charge in [-0.3, -0.25) is 4.90 Å². The zero-order chi connectivity index (χ0) is 12.8. The molecule has 0 aromatic rings. The van der Waals surface area contributed by atoms with Gasteiger partial charge in [0.2, 0.25) is 0 Å². The van der Waals surface area contributed by atoms with E-state index in [1.54, 1.807) is 0 Å². The molecule has 2 atom stereocenters. The number of hydrogen-bond donors (Lipinski definition) is 1. The number of rotatable bonds is 5. The lowest BCUT2D eigenvalue weighted by atomic mass is 9.82. The second-order valence-corrected chi connectivity index (χ2v) is 6.35. The Morgan fingerprint density at radius 2 is 1.83 bits per heavy atom. The van der Waals surface area contributed by atoms with Crippen molar-refractivity contribution in [2.24, 2.45) is 5.92 Å². The Kier molecular flexibility index (Phi) is 5.97. The fraction of sp³-hybridized carbons (Fsp3) is 1.00. The first kappa shape index (κ1) is 14.3. The molecule has 0 bridgehead atoms. The molecule has 2 fully saturated rings. The third-order valence-electron chi connectivity index (χ3n) is 4.88. The summed E-state index contributed by atoms with van der Waals surface area (Å²) in [5, 5.41) is 3.81. The number of nitrogens with zero attached hydrogens (tertiary/aromatic N) is 1. The highest BCUT2D eigenvalue weighted by molar-refractivity contribution is 4.90. The molecule has 18 heavy (non-hydrogen) atoms. The molecule has 1 saturated carbocycles. The minimum absolute atomic E-state index is 0.751. The maximum atomic E-state index is 3.81. The molecule has 0 aromatic heterocycles. The van der Waals surface area contributed by atoms with Gasteiger partial charge in [0.1, 0.15) is 0 Å². The maximum absolute atomic E-state index is 3.81. The van der Waals surface area contributed by atoms with Crippen molar-refractivity contribution in [1.82, 2.24) is 10.2 Å². The van der Waals surface area contributed by atoms with Crippen LogP contribution in [0.3, 0.4) is 0 Å². The van der Waals surface area contributed by atoms with Crippen LogP contribution in [-0.4, -0.2) is 36.6 Å². The number of piperazine rings is 1. The third-order valence-corrected chi connectivity index (χ3v) is 4.88. The van der Waals surface area contributed by atoms with Crippen molar-refractivity contribution in [1.29, 1.82) is 0 Å². The van der Waals surface area contributed by atoms with E-state index < -0.39 is 0 Å². The highest BCUT2D eigenvalue weighted by Crippen LogP contribution is 2.30. The second kappa shape index (κ2) is 7.49. The van der Waals surface area contributed by atoms with E-state index in [1.807, 2.05) is 0 Å². The third kappa shape index (κ3) is 3.71. The summed E-state index contributed by atoms with van der Waals surface area (Å²) in [6, 6.07) is 1.58. The molecule has 2 unspecified atom stereocenters. The highest BCUT2D eigenvalue weighted by Gasteiger charge is 2.32. The Hall–Kier alpha value is -0.0800. The molecule has 1 aliphatic heterocycles. The van der Waals surface area contributed by atoms with Gasteiger partial charge in [-0.1, -0.05) is 39.5 Å². The lowest BCUT2D eigenvalue weighted by Gasteiger charge is -2.45. The molecular formula is C16H32N2. The van der Waals surface area contributed by atoms with E-state index >= 15 is 0 Å². The molecule has 2 nitrogen and oxygen atoms in total. The molecule has 0 amide bonds. The summed E-state index contributed by atoms with van der Waals surface area (Å²) >= 11 is 0. The lowest BCUT2D eigenvalue weighted by Crippen LogP contribution is -2.59. The fourth-order valence-corrected chi connectivity index (χ4v) is 3.97. The van der Waals surface area contributed by atoms with Crippen LogP contribution in [-0.2, 0) is 0 Å². The normalized spacial score (nSPS) is 31.7. The van der Waals surface area contributed by atoms with E-state index in [4.69, 9.17) is 0 Å². The molecule has 106 valence electrons. The number of hydrogen-bond acceptors (Lipinski definition) is 2. The van der Waals surface area contributed by atoms with Crippen LogP contribution in [0.1, 0.15) is 65.2 Å². The van der Waals surface area contributed by atoms with Gasteiger partial charge in [0.15, 0.2) is 0 Å². The van der Waals surface area contributed by atoms with Gasteiger partial charge in [-0.2, -0.15) is 0 Å². The summed E-state index contributed by atoms with van der Waals surface area (Å²) in [6.45, 7) is 8.48. The average molecular weight is 252 g/mol. The zero-order valence-electron chi connectivity index (χ0n) is 12.5. The van der Waals surface area contributed by atoms with Crippen molar-refractivity contribution in [3.05, 3.63) is 0 Å². The summed E-state index contributed by atoms with van der Waals surface area (Å²) in [4.78, 5) is 2.81. The molecule has 2 heteroatoms. The molecule has 2 aliphatic rings. The van der Waals surface area contributed by atoms with E-state index in [0.717, 1.165) is 18.0 Å². The summed E-state index contributed by atoms with van der Waals surface area (Å²) in [5.41, 5.74) is 0. The van der Waals surface area contributed by atoms with Crippen LogP contribution in [0.2, 0.25) is 0 Å². The van der Waals surface area contributed by atoms with Gasteiger partial charge in [-0.05, 0) is 38.1 Å². The van der Waals surface area contributed by atoms with Crippen LogP contribution < -0.4 is 5.32 Å². The van der Waals surface area contributed by atoms with Gasteiger partial charge in [-0.25, -0.2) is 0 Å². The monoisotopic (exact) mass is 252 g/mol. The van der Waals surface area contributed by atoms with Crippen LogP contribution in [0.15, 0.2) is 0 Å². The van der Waals surface area contributed by atoms with Gasteiger partial charge < -0.3 is 5.32 Å². The minimum atomic E-state index is 0.751. The van der Waals surface area contributed by atoms with Crippen molar-refractivity contribution in [3.8, 4) is 0 Å². The average Bonchev–Trinajstić information content (AvgIpc) is 2.41. The van der Waals surface area contributed by atoms with Crippen molar-refractivity contribution < 1.29 is 0 Å². The molecule has 0 radical (unpaired) electrons.